The van der Waals surface area contributed by atoms with E-state index in [0.717, 1.165) is 0 Å². The smallest absolute Gasteiger partial charge is 1.00 e. The minimum absolute atomic E-state index is 0. The predicted molar refractivity (Wildman–Crippen MR) is 141 cm³/mol. The summed E-state index contributed by atoms with van der Waals surface area (Å²) < 4.78 is 2.47. The molecule has 0 radical (unpaired) electrons. The minimum atomic E-state index is -0.840. The largest absolute Gasteiger partial charge is 1.00 e. The number of halogens is 2. The molecule has 5 rings (SSSR count). The van der Waals surface area contributed by atoms with Crippen molar-refractivity contribution >= 4 is 24.6 Å². The van der Waals surface area contributed by atoms with Crippen molar-refractivity contribution in [1.29, 1.82) is 0 Å². The van der Waals surface area contributed by atoms with Crippen molar-refractivity contribution in [3.05, 3.63) is 122 Å². The van der Waals surface area contributed by atoms with Gasteiger partial charge in [-0.3, -0.25) is 0 Å². The third kappa shape index (κ3) is 6.20. The number of hydrogen-bond acceptors (Lipinski definition) is 0. The quantitative estimate of drug-likeness (QED) is 0.350. The Morgan fingerprint density at radius 1 is 0.829 bits per heavy atom. The van der Waals surface area contributed by atoms with Crippen LogP contribution in [0.15, 0.2) is 111 Å². The van der Waals surface area contributed by atoms with E-state index in [1.807, 2.05) is 3.28 Å². The Kier molecular flexibility index (Phi) is 10.8. The van der Waals surface area contributed by atoms with Crippen LogP contribution in [0.2, 0.25) is 0 Å². The number of hydrogen-bond donors (Lipinski definition) is 0. The zero-order valence-corrected chi connectivity index (χ0v) is 25.2. The molecule has 2 aliphatic rings. The molecule has 4 heteroatoms. The van der Waals surface area contributed by atoms with Gasteiger partial charge in [-0.25, -0.2) is 0 Å². The van der Waals surface area contributed by atoms with Gasteiger partial charge in [0.25, 0.3) is 0 Å². The van der Waals surface area contributed by atoms with Crippen LogP contribution in [0.25, 0.3) is 6.08 Å². The summed E-state index contributed by atoms with van der Waals surface area (Å²) in [4.78, 5) is 0. The molecule has 0 bridgehead atoms. The molecule has 1 unspecified atom stereocenters. The Bertz CT molecular complexity index is 1180. The third-order valence-electron chi connectivity index (χ3n) is 6.74. The van der Waals surface area contributed by atoms with Crippen LogP contribution in [0.3, 0.4) is 0 Å². The Hall–Kier alpha value is -1.23. The molecule has 0 saturated heterocycles. The number of allylic oxidation sites excluding steroid dienone is 5. The Balaban J connectivity index is 0.00000171. The van der Waals surface area contributed by atoms with Gasteiger partial charge >= 0.3 is 213 Å². The third-order valence-corrected chi connectivity index (χ3v) is 14.2. The number of benzene rings is 3. The van der Waals surface area contributed by atoms with E-state index >= 15 is 0 Å². The Morgan fingerprint density at radius 3 is 2.06 bits per heavy atom. The molecule has 0 N–H and O–H groups in total. The monoisotopic (exact) mass is 594 g/mol. The first-order valence-corrected chi connectivity index (χ1v) is 16.1. The van der Waals surface area contributed by atoms with Crippen LogP contribution in [-0.4, -0.2) is 0 Å². The van der Waals surface area contributed by atoms with E-state index in [1.165, 1.54) is 41.9 Å². The standard InChI is InChI=1S/C21H16P.C10H15.2ClH.Zr/c1-3-11-19(12-4-1)22(20-13-5-2-6-14-20)21-15-17-9-7-8-10-18(17)16-21;1-3-4-7-10-8-5-6-9(10)2;;;/h1-16H;6H,3-5,7H2,1-2H3;2*1H;/q;;;;+2/p-2. The molecule has 0 aliphatic heterocycles. The summed E-state index contributed by atoms with van der Waals surface area (Å²) in [5.74, 6) is 0. The summed E-state index contributed by atoms with van der Waals surface area (Å²) in [6.45, 7) is 4.66. The first-order valence-electron chi connectivity index (χ1n) is 12.1. The van der Waals surface area contributed by atoms with E-state index in [0.29, 0.717) is 3.63 Å². The van der Waals surface area contributed by atoms with Crippen LogP contribution in [0.4, 0.5) is 0 Å². The average molecular weight is 597 g/mol. The first-order chi connectivity index (χ1) is 16.3. The summed E-state index contributed by atoms with van der Waals surface area (Å²) in [5, 5.41) is 4.63. The van der Waals surface area contributed by atoms with E-state index in [-0.39, 0.29) is 24.8 Å². The van der Waals surface area contributed by atoms with E-state index in [1.54, 1.807) is 22.0 Å². The average Bonchev–Trinajstić information content (AvgIpc) is 3.39. The predicted octanol–water partition coefficient (Wildman–Crippen LogP) is 2.10. The number of rotatable bonds is 8. The Morgan fingerprint density at radius 2 is 1.43 bits per heavy atom. The fourth-order valence-corrected chi connectivity index (χ4v) is 13.1. The molecule has 3 aromatic carbocycles. The first kappa shape index (κ1) is 28.3. The van der Waals surface area contributed by atoms with Crippen LogP contribution in [0.5, 0.6) is 0 Å². The summed E-state index contributed by atoms with van der Waals surface area (Å²) in [6.07, 6.45) is 10.1. The minimum Gasteiger partial charge on any atom is -1.00 e. The van der Waals surface area contributed by atoms with Crippen molar-refractivity contribution in [2.75, 3.05) is 0 Å². The Labute approximate surface area is 236 Å². The molecule has 0 heterocycles. The molecular weight excluding hydrogens is 565 g/mol. The zero-order chi connectivity index (χ0) is 22.6. The molecule has 0 aromatic heterocycles. The maximum absolute atomic E-state index is 2.56. The van der Waals surface area contributed by atoms with E-state index in [2.05, 4.69) is 111 Å². The SMILES string of the molecule is CCCCC1=[C]([Zr+2][CH]2C(P(c3ccccc3)c3ccccc3)=Cc3ccccc32)CC=C1C.[Cl-].[Cl-]. The van der Waals surface area contributed by atoms with Gasteiger partial charge in [0.15, 0.2) is 0 Å². The van der Waals surface area contributed by atoms with Crippen molar-refractivity contribution in [1.82, 2.24) is 0 Å². The molecule has 0 spiro atoms. The molecule has 2 aliphatic carbocycles. The van der Waals surface area contributed by atoms with Crippen LogP contribution in [0, 0.1) is 0 Å². The van der Waals surface area contributed by atoms with E-state index < -0.39 is 31.2 Å². The fourth-order valence-electron chi connectivity index (χ4n) is 5.02. The normalized spacial score (nSPS) is 16.1. The molecular formula is C31H31Cl2PZr. The van der Waals surface area contributed by atoms with Gasteiger partial charge in [-0.1, -0.05) is 0 Å². The summed E-state index contributed by atoms with van der Waals surface area (Å²) in [6, 6.07) is 31.7. The van der Waals surface area contributed by atoms with Crippen LogP contribution < -0.4 is 35.4 Å². The molecule has 0 fully saturated rings. The second kappa shape index (κ2) is 13.4. The van der Waals surface area contributed by atoms with Crippen LogP contribution in [-0.2, 0) is 23.2 Å². The molecule has 3 aromatic rings. The van der Waals surface area contributed by atoms with Gasteiger partial charge in [-0.2, -0.15) is 0 Å². The second-order valence-electron chi connectivity index (χ2n) is 8.93. The molecule has 178 valence electrons. The van der Waals surface area contributed by atoms with Crippen molar-refractivity contribution < 1.29 is 48.0 Å². The summed E-state index contributed by atoms with van der Waals surface area (Å²) in [5.41, 5.74) is 6.32. The maximum Gasteiger partial charge on any atom is -1.00 e. The van der Waals surface area contributed by atoms with Gasteiger partial charge in [0.1, 0.15) is 0 Å². The van der Waals surface area contributed by atoms with Crippen molar-refractivity contribution in [3.63, 3.8) is 0 Å². The fraction of sp³-hybridized carbons (Fsp3) is 0.226. The molecule has 1 atom stereocenters. The molecule has 0 amide bonds. The number of unbranched alkanes of at least 4 members (excludes halogenated alkanes) is 1. The van der Waals surface area contributed by atoms with Crippen LogP contribution in [0.1, 0.15) is 54.3 Å². The topological polar surface area (TPSA) is 0 Å². The molecule has 0 saturated carbocycles. The van der Waals surface area contributed by atoms with Gasteiger partial charge in [-0.05, 0) is 0 Å². The van der Waals surface area contributed by atoms with Gasteiger partial charge < -0.3 is 24.8 Å². The molecule has 0 nitrogen and oxygen atoms in total. The number of fused-ring (bicyclic) bond motifs is 1. The van der Waals surface area contributed by atoms with Gasteiger partial charge in [0, 0.05) is 0 Å². The van der Waals surface area contributed by atoms with Gasteiger partial charge in [0.2, 0.25) is 0 Å². The van der Waals surface area contributed by atoms with Gasteiger partial charge in [-0.15, -0.1) is 0 Å². The van der Waals surface area contributed by atoms with Crippen molar-refractivity contribution in [2.45, 2.75) is 43.2 Å². The summed E-state index contributed by atoms with van der Waals surface area (Å²) >= 11 is -0.840. The van der Waals surface area contributed by atoms with Gasteiger partial charge in [0.05, 0.1) is 0 Å². The van der Waals surface area contributed by atoms with Crippen LogP contribution >= 0.6 is 7.92 Å². The van der Waals surface area contributed by atoms with E-state index in [9.17, 15) is 0 Å². The van der Waals surface area contributed by atoms with E-state index in [4.69, 9.17) is 0 Å². The summed E-state index contributed by atoms with van der Waals surface area (Å²) in [7, 11) is -0.530. The second-order valence-corrected chi connectivity index (χ2v) is 14.8. The zero-order valence-electron chi connectivity index (χ0n) is 20.3. The molecule has 35 heavy (non-hydrogen) atoms. The van der Waals surface area contributed by atoms with Crippen molar-refractivity contribution in [2.24, 2.45) is 0 Å². The maximum atomic E-state index is 2.56. The van der Waals surface area contributed by atoms with Crippen molar-refractivity contribution in [3.8, 4) is 0 Å².